The lowest BCUT2D eigenvalue weighted by atomic mass is 10.2. The number of thioether (sulfide) groups is 1. The zero-order chi connectivity index (χ0) is 22.8. The van der Waals surface area contributed by atoms with E-state index in [-0.39, 0.29) is 0 Å². The molecule has 0 radical (unpaired) electrons. The molecule has 0 aliphatic carbocycles. The van der Waals surface area contributed by atoms with Gasteiger partial charge in [-0.05, 0) is 48.9 Å². The van der Waals surface area contributed by atoms with E-state index in [2.05, 4.69) is 11.4 Å². The fraction of sp³-hybridized carbons (Fsp3) is 0.160. The van der Waals surface area contributed by atoms with Crippen molar-refractivity contribution in [3.05, 3.63) is 89.5 Å². The molecule has 0 heterocycles. The van der Waals surface area contributed by atoms with E-state index < -0.39 is 18.5 Å². The first-order valence-electron chi connectivity index (χ1n) is 10.0. The van der Waals surface area contributed by atoms with E-state index in [9.17, 15) is 9.59 Å². The molecule has 0 aromatic heterocycles. The molecular weight excluding hydrogens is 424 g/mol. The highest BCUT2D eigenvalue weighted by atomic mass is 32.2. The molecule has 6 nitrogen and oxygen atoms in total. The Bertz CT molecular complexity index is 1120. The molecule has 0 spiro atoms. The van der Waals surface area contributed by atoms with Gasteiger partial charge in [-0.1, -0.05) is 36.4 Å². The summed E-state index contributed by atoms with van der Waals surface area (Å²) in [6, 6.07) is 23.6. The fourth-order valence-electron chi connectivity index (χ4n) is 2.84. The van der Waals surface area contributed by atoms with Crippen LogP contribution in [0, 0.1) is 11.3 Å². The van der Waals surface area contributed by atoms with Gasteiger partial charge in [0.2, 0.25) is 0 Å². The first kappa shape index (κ1) is 22.9. The molecule has 3 rings (SSSR count). The summed E-state index contributed by atoms with van der Waals surface area (Å²) in [5, 5.41) is 11.6. The van der Waals surface area contributed by atoms with Crippen LogP contribution in [0.2, 0.25) is 0 Å². The van der Waals surface area contributed by atoms with Gasteiger partial charge in [-0.2, -0.15) is 5.26 Å². The highest BCUT2D eigenvalue weighted by Crippen LogP contribution is 2.27. The summed E-state index contributed by atoms with van der Waals surface area (Å²) in [6.07, 6.45) is 0. The van der Waals surface area contributed by atoms with Gasteiger partial charge in [-0.25, -0.2) is 4.79 Å². The summed E-state index contributed by atoms with van der Waals surface area (Å²) in [6.45, 7) is 1.92. The number of esters is 1. The number of hydrogen-bond acceptors (Lipinski definition) is 6. The van der Waals surface area contributed by atoms with Gasteiger partial charge in [0, 0.05) is 10.6 Å². The maximum atomic E-state index is 12.6. The first-order chi connectivity index (χ1) is 15.6. The summed E-state index contributed by atoms with van der Waals surface area (Å²) >= 11 is 1.49. The molecule has 1 amide bonds. The molecule has 0 atom stereocenters. The van der Waals surface area contributed by atoms with Crippen molar-refractivity contribution < 1.29 is 19.1 Å². The van der Waals surface area contributed by atoms with Crippen LogP contribution in [0.15, 0.2) is 77.7 Å². The molecule has 0 fully saturated rings. The van der Waals surface area contributed by atoms with Crippen molar-refractivity contribution in [2.75, 3.05) is 18.5 Å². The van der Waals surface area contributed by atoms with Crippen molar-refractivity contribution in [2.45, 2.75) is 17.6 Å². The standard InChI is InChI=1S/C25H22N2O4S/c1-2-30-22-9-5-4-8-21(22)27-24(28)16-31-25(29)20-7-3-6-10-23(20)32-17-19-13-11-18(15-26)12-14-19/h3-14H,2,16-17H2,1H3,(H,27,28). The molecule has 0 aliphatic rings. The molecule has 0 saturated carbocycles. The lowest BCUT2D eigenvalue weighted by Crippen LogP contribution is -2.21. The molecule has 7 heteroatoms. The zero-order valence-electron chi connectivity index (χ0n) is 17.5. The normalized spacial score (nSPS) is 10.1. The van der Waals surface area contributed by atoms with Gasteiger partial charge in [0.15, 0.2) is 6.61 Å². The van der Waals surface area contributed by atoms with Crippen molar-refractivity contribution in [1.29, 1.82) is 5.26 Å². The Kier molecular flexibility index (Phi) is 8.29. The van der Waals surface area contributed by atoms with E-state index in [0.29, 0.717) is 34.9 Å². The second-order valence-corrected chi connectivity index (χ2v) is 7.66. The number of ether oxygens (including phenoxy) is 2. The van der Waals surface area contributed by atoms with Crippen LogP contribution in [0.25, 0.3) is 0 Å². The summed E-state index contributed by atoms with van der Waals surface area (Å²) in [5.74, 6) is 0.165. The first-order valence-corrected chi connectivity index (χ1v) is 11.0. The average Bonchev–Trinajstić information content (AvgIpc) is 2.83. The number of carbonyl (C=O) groups excluding carboxylic acids is 2. The second-order valence-electron chi connectivity index (χ2n) is 6.65. The van der Waals surface area contributed by atoms with E-state index in [1.54, 1.807) is 42.5 Å². The maximum Gasteiger partial charge on any atom is 0.339 e. The van der Waals surface area contributed by atoms with E-state index in [0.717, 1.165) is 10.5 Å². The Balaban J connectivity index is 1.58. The number of amides is 1. The lowest BCUT2D eigenvalue weighted by Gasteiger charge is -2.12. The summed E-state index contributed by atoms with van der Waals surface area (Å²) in [7, 11) is 0. The van der Waals surface area contributed by atoms with Gasteiger partial charge in [-0.15, -0.1) is 11.8 Å². The fourth-order valence-corrected chi connectivity index (χ4v) is 3.84. The lowest BCUT2D eigenvalue weighted by molar-refractivity contribution is -0.119. The quantitative estimate of drug-likeness (QED) is 0.366. The molecule has 162 valence electrons. The van der Waals surface area contributed by atoms with Crippen LogP contribution >= 0.6 is 11.8 Å². The van der Waals surface area contributed by atoms with Gasteiger partial charge in [0.05, 0.1) is 29.5 Å². The van der Waals surface area contributed by atoms with Gasteiger partial charge in [0.1, 0.15) is 5.75 Å². The third kappa shape index (κ3) is 6.37. The molecule has 32 heavy (non-hydrogen) atoms. The Hall–Kier alpha value is -3.76. The summed E-state index contributed by atoms with van der Waals surface area (Å²) in [4.78, 5) is 25.6. The van der Waals surface area contributed by atoms with Crippen LogP contribution in [0.3, 0.4) is 0 Å². The molecule has 0 aliphatic heterocycles. The van der Waals surface area contributed by atoms with Crippen molar-refractivity contribution in [3.63, 3.8) is 0 Å². The zero-order valence-corrected chi connectivity index (χ0v) is 18.4. The minimum Gasteiger partial charge on any atom is -0.492 e. The number of nitrogens with one attached hydrogen (secondary N) is 1. The molecule has 0 unspecified atom stereocenters. The number of rotatable bonds is 9. The van der Waals surface area contributed by atoms with Gasteiger partial charge in [-0.3, -0.25) is 4.79 Å². The number of para-hydroxylation sites is 2. The number of nitrogens with zero attached hydrogens (tertiary/aromatic N) is 1. The SMILES string of the molecule is CCOc1ccccc1NC(=O)COC(=O)c1ccccc1SCc1ccc(C#N)cc1. The third-order valence-corrected chi connectivity index (χ3v) is 5.52. The average molecular weight is 447 g/mol. The Labute approximate surface area is 191 Å². The van der Waals surface area contributed by atoms with Crippen LogP contribution in [0.1, 0.15) is 28.4 Å². The van der Waals surface area contributed by atoms with Gasteiger partial charge in [0.25, 0.3) is 5.91 Å². The summed E-state index contributed by atoms with van der Waals surface area (Å²) < 4.78 is 10.7. The topological polar surface area (TPSA) is 88.4 Å². The minimum absolute atomic E-state index is 0.397. The van der Waals surface area contributed by atoms with Crippen molar-refractivity contribution >= 4 is 29.3 Å². The van der Waals surface area contributed by atoms with Crippen LogP contribution in [-0.4, -0.2) is 25.1 Å². The van der Waals surface area contributed by atoms with Gasteiger partial charge < -0.3 is 14.8 Å². The number of carbonyl (C=O) groups is 2. The maximum absolute atomic E-state index is 12.6. The van der Waals surface area contributed by atoms with Crippen LogP contribution in [0.4, 0.5) is 5.69 Å². The molecule has 3 aromatic carbocycles. The van der Waals surface area contributed by atoms with Crippen molar-refractivity contribution in [2.24, 2.45) is 0 Å². The minimum atomic E-state index is -0.568. The second kappa shape index (κ2) is 11.6. The van der Waals surface area contributed by atoms with E-state index in [4.69, 9.17) is 14.7 Å². The number of anilines is 1. The van der Waals surface area contributed by atoms with E-state index >= 15 is 0 Å². The molecule has 0 bridgehead atoms. The molecular formula is C25H22N2O4S. The Morgan fingerprint density at radius 1 is 1.00 bits per heavy atom. The van der Waals surface area contributed by atoms with Crippen molar-refractivity contribution in [1.82, 2.24) is 0 Å². The predicted octanol–water partition coefficient (Wildman–Crippen LogP) is 5.04. The van der Waals surface area contributed by atoms with Crippen molar-refractivity contribution in [3.8, 4) is 11.8 Å². The van der Waals surface area contributed by atoms with Crippen LogP contribution in [0.5, 0.6) is 5.75 Å². The van der Waals surface area contributed by atoms with E-state index in [1.807, 2.05) is 37.3 Å². The summed E-state index contributed by atoms with van der Waals surface area (Å²) in [5.41, 5.74) is 2.55. The van der Waals surface area contributed by atoms with Crippen LogP contribution in [-0.2, 0) is 15.3 Å². The molecule has 3 aromatic rings. The molecule has 1 N–H and O–H groups in total. The van der Waals surface area contributed by atoms with Crippen LogP contribution < -0.4 is 10.1 Å². The largest absolute Gasteiger partial charge is 0.492 e. The smallest absolute Gasteiger partial charge is 0.339 e. The number of hydrogen-bond donors (Lipinski definition) is 1. The Morgan fingerprint density at radius 3 is 2.47 bits per heavy atom. The number of nitriles is 1. The predicted molar refractivity (Wildman–Crippen MR) is 124 cm³/mol. The van der Waals surface area contributed by atoms with Gasteiger partial charge >= 0.3 is 5.97 Å². The Morgan fingerprint density at radius 2 is 1.72 bits per heavy atom. The highest BCUT2D eigenvalue weighted by molar-refractivity contribution is 7.98. The highest BCUT2D eigenvalue weighted by Gasteiger charge is 2.15. The molecule has 0 saturated heterocycles. The van der Waals surface area contributed by atoms with E-state index in [1.165, 1.54) is 11.8 Å². The third-order valence-electron chi connectivity index (χ3n) is 4.38. The monoisotopic (exact) mass is 446 g/mol. The number of benzene rings is 3.